The molecule has 0 unspecified atom stereocenters. The van der Waals surface area contributed by atoms with Gasteiger partial charge < -0.3 is 9.40 Å². The summed E-state index contributed by atoms with van der Waals surface area (Å²) in [4.78, 5) is 41.9. The van der Waals surface area contributed by atoms with Gasteiger partial charge in [-0.25, -0.2) is 4.79 Å². The molecule has 2 amide bonds. The Labute approximate surface area is 143 Å². The molecule has 25 heavy (non-hydrogen) atoms. The van der Waals surface area contributed by atoms with Crippen LogP contribution in [0.15, 0.2) is 54.6 Å². The maximum absolute atomic E-state index is 12.3. The molecule has 0 saturated heterocycles. The molecule has 2 aromatic carbocycles. The molecule has 1 aliphatic heterocycles. The fourth-order valence-electron chi connectivity index (χ4n) is 3.07. The summed E-state index contributed by atoms with van der Waals surface area (Å²) in [6.45, 7) is 1.79. The molecule has 2 heterocycles. The molecular weight excluding hydrogens is 320 g/mol. The fourth-order valence-corrected chi connectivity index (χ4v) is 3.07. The number of carbonyl (C=O) groups is 3. The quantitative estimate of drug-likeness (QED) is 0.691. The molecule has 0 aliphatic carbocycles. The van der Waals surface area contributed by atoms with Crippen molar-refractivity contribution in [3.05, 3.63) is 71.4 Å². The van der Waals surface area contributed by atoms with Crippen LogP contribution in [0, 0.1) is 6.92 Å². The first-order valence-corrected chi connectivity index (χ1v) is 7.80. The Bertz CT molecular complexity index is 1000. The number of carbonyl (C=O) groups excluding carboxylic acids is 3. The van der Waals surface area contributed by atoms with E-state index in [4.69, 9.17) is 4.84 Å². The summed E-state index contributed by atoms with van der Waals surface area (Å²) in [6.07, 6.45) is 0. The molecule has 6 heteroatoms. The molecule has 1 aromatic heterocycles. The number of hydroxylamine groups is 2. The summed E-state index contributed by atoms with van der Waals surface area (Å²) in [7, 11) is 0. The van der Waals surface area contributed by atoms with Crippen LogP contribution in [0.3, 0.4) is 0 Å². The minimum atomic E-state index is -0.682. The Balaban J connectivity index is 1.56. The van der Waals surface area contributed by atoms with Crippen molar-refractivity contribution in [1.29, 1.82) is 0 Å². The number of benzene rings is 2. The van der Waals surface area contributed by atoms with Crippen LogP contribution in [-0.2, 0) is 16.2 Å². The van der Waals surface area contributed by atoms with Gasteiger partial charge in [0.15, 0.2) is 0 Å². The molecule has 0 radical (unpaired) electrons. The van der Waals surface area contributed by atoms with Crippen molar-refractivity contribution >= 4 is 28.7 Å². The molecular formula is C19H14N2O4. The van der Waals surface area contributed by atoms with Crippen LogP contribution in [0.25, 0.3) is 10.9 Å². The van der Waals surface area contributed by atoms with Gasteiger partial charge in [0.2, 0.25) is 0 Å². The maximum atomic E-state index is 12.3. The Morgan fingerprint density at radius 2 is 1.56 bits per heavy atom. The van der Waals surface area contributed by atoms with E-state index < -0.39 is 17.8 Å². The van der Waals surface area contributed by atoms with Crippen LogP contribution in [0.2, 0.25) is 0 Å². The highest BCUT2D eigenvalue weighted by Gasteiger charge is 2.38. The average Bonchev–Trinajstić information content (AvgIpc) is 3.05. The Morgan fingerprint density at radius 3 is 2.24 bits per heavy atom. The Kier molecular flexibility index (Phi) is 3.39. The number of para-hydroxylation sites is 1. The lowest BCUT2D eigenvalue weighted by Gasteiger charge is -2.14. The second-order valence-electron chi connectivity index (χ2n) is 5.84. The highest BCUT2D eigenvalue weighted by atomic mass is 16.7. The van der Waals surface area contributed by atoms with Crippen LogP contribution in [0.1, 0.15) is 26.4 Å². The number of imide groups is 1. The monoisotopic (exact) mass is 334 g/mol. The van der Waals surface area contributed by atoms with Crippen molar-refractivity contribution in [1.82, 2.24) is 9.63 Å². The topological polar surface area (TPSA) is 68.6 Å². The van der Waals surface area contributed by atoms with E-state index in [9.17, 15) is 14.4 Å². The smallest absolute Gasteiger partial charge is 0.334 e. The van der Waals surface area contributed by atoms with Crippen molar-refractivity contribution in [3.63, 3.8) is 0 Å². The lowest BCUT2D eigenvalue weighted by atomic mass is 10.1. The number of fused-ring (bicyclic) bond motifs is 2. The molecule has 6 nitrogen and oxygen atoms in total. The number of rotatable bonds is 3. The van der Waals surface area contributed by atoms with Crippen molar-refractivity contribution in [3.8, 4) is 0 Å². The third-order valence-corrected chi connectivity index (χ3v) is 4.25. The largest absolute Gasteiger partial charge is 0.352 e. The molecule has 0 N–H and O–H groups in total. The molecule has 0 saturated carbocycles. The van der Waals surface area contributed by atoms with E-state index in [1.165, 1.54) is 12.1 Å². The molecule has 1 aliphatic rings. The summed E-state index contributed by atoms with van der Waals surface area (Å²) >= 11 is 0. The summed E-state index contributed by atoms with van der Waals surface area (Å²) in [5.74, 6) is -1.93. The van der Waals surface area contributed by atoms with Crippen LogP contribution in [-0.4, -0.2) is 27.4 Å². The van der Waals surface area contributed by atoms with E-state index in [1.807, 2.05) is 37.3 Å². The van der Waals surface area contributed by atoms with Gasteiger partial charge in [0.25, 0.3) is 11.8 Å². The highest BCUT2D eigenvalue weighted by molar-refractivity contribution is 6.20. The number of aryl methyl sites for hydroxylation is 1. The van der Waals surface area contributed by atoms with Gasteiger partial charge in [0, 0.05) is 11.2 Å². The van der Waals surface area contributed by atoms with Crippen LogP contribution < -0.4 is 0 Å². The molecule has 0 atom stereocenters. The fraction of sp³-hybridized carbons (Fsp3) is 0.105. The zero-order valence-electron chi connectivity index (χ0n) is 13.4. The second-order valence-corrected chi connectivity index (χ2v) is 5.84. The van der Waals surface area contributed by atoms with E-state index >= 15 is 0 Å². The Morgan fingerprint density at radius 1 is 0.960 bits per heavy atom. The first-order chi connectivity index (χ1) is 12.1. The number of hydrogen-bond acceptors (Lipinski definition) is 4. The third-order valence-electron chi connectivity index (χ3n) is 4.25. The third kappa shape index (κ3) is 2.39. The standard InChI is InChI=1S/C19H14N2O4/c1-12-10-13-6-2-5-9-16(13)20(12)11-17(22)25-21-18(23)14-7-3-4-8-15(14)19(21)24/h2-10H,11H2,1H3. The van der Waals surface area contributed by atoms with E-state index in [0.717, 1.165) is 16.6 Å². The average molecular weight is 334 g/mol. The van der Waals surface area contributed by atoms with Crippen molar-refractivity contribution in [2.45, 2.75) is 13.5 Å². The van der Waals surface area contributed by atoms with Gasteiger partial charge in [-0.2, -0.15) is 0 Å². The first-order valence-electron chi connectivity index (χ1n) is 7.80. The molecule has 0 spiro atoms. The minimum absolute atomic E-state index is 0.0905. The zero-order chi connectivity index (χ0) is 17.6. The molecule has 4 rings (SSSR count). The Hall–Kier alpha value is -3.41. The number of aromatic nitrogens is 1. The van der Waals surface area contributed by atoms with Gasteiger partial charge in [0.05, 0.1) is 11.1 Å². The molecule has 3 aromatic rings. The maximum Gasteiger partial charge on any atom is 0.352 e. The number of amides is 2. The van der Waals surface area contributed by atoms with Crippen molar-refractivity contribution in [2.24, 2.45) is 0 Å². The minimum Gasteiger partial charge on any atom is -0.334 e. The van der Waals surface area contributed by atoms with Gasteiger partial charge >= 0.3 is 5.97 Å². The second kappa shape index (κ2) is 5.59. The molecule has 0 fully saturated rings. The highest BCUT2D eigenvalue weighted by Crippen LogP contribution is 2.23. The van der Waals surface area contributed by atoms with Crippen molar-refractivity contribution in [2.75, 3.05) is 0 Å². The van der Waals surface area contributed by atoms with E-state index in [2.05, 4.69) is 0 Å². The lowest BCUT2D eigenvalue weighted by molar-refractivity contribution is -0.169. The van der Waals surface area contributed by atoms with Crippen molar-refractivity contribution < 1.29 is 19.2 Å². The number of nitrogens with zero attached hydrogens (tertiary/aromatic N) is 2. The lowest BCUT2D eigenvalue weighted by Crippen LogP contribution is -2.34. The van der Waals surface area contributed by atoms with Gasteiger partial charge in [0.1, 0.15) is 6.54 Å². The van der Waals surface area contributed by atoms with Gasteiger partial charge in [-0.15, -0.1) is 0 Å². The van der Waals surface area contributed by atoms with Crippen LogP contribution in [0.4, 0.5) is 0 Å². The number of hydrogen-bond donors (Lipinski definition) is 0. The first kappa shape index (κ1) is 15.1. The summed E-state index contributed by atoms with van der Waals surface area (Å²) in [5.41, 5.74) is 2.26. The van der Waals surface area contributed by atoms with E-state index in [-0.39, 0.29) is 17.7 Å². The van der Waals surface area contributed by atoms with Crippen LogP contribution >= 0.6 is 0 Å². The molecule has 124 valence electrons. The SMILES string of the molecule is Cc1cc2ccccc2n1CC(=O)ON1C(=O)c2ccccc2C1=O. The predicted molar refractivity (Wildman–Crippen MR) is 89.7 cm³/mol. The van der Waals surface area contributed by atoms with E-state index in [0.29, 0.717) is 5.06 Å². The van der Waals surface area contributed by atoms with Crippen LogP contribution in [0.5, 0.6) is 0 Å². The summed E-state index contributed by atoms with van der Waals surface area (Å²) < 4.78 is 1.79. The van der Waals surface area contributed by atoms with Gasteiger partial charge in [-0.05, 0) is 36.6 Å². The van der Waals surface area contributed by atoms with Gasteiger partial charge in [-0.1, -0.05) is 35.4 Å². The van der Waals surface area contributed by atoms with Gasteiger partial charge in [-0.3, -0.25) is 9.59 Å². The molecule has 0 bridgehead atoms. The summed E-state index contributed by atoms with van der Waals surface area (Å²) in [5, 5.41) is 1.54. The normalized spacial score (nSPS) is 13.4. The predicted octanol–water partition coefficient (Wildman–Crippen LogP) is 2.70. The zero-order valence-corrected chi connectivity index (χ0v) is 13.4. The van der Waals surface area contributed by atoms with E-state index in [1.54, 1.807) is 16.7 Å². The summed E-state index contributed by atoms with van der Waals surface area (Å²) in [6, 6.07) is 16.0.